The number of nitrogens with one attached hydrogen (secondary N) is 1. The van der Waals surface area contributed by atoms with Crippen LogP contribution in [0.15, 0.2) is 24.3 Å². The summed E-state index contributed by atoms with van der Waals surface area (Å²) in [5.74, 6) is -0.478. The molecule has 3 fully saturated rings. The van der Waals surface area contributed by atoms with Crippen LogP contribution in [0.1, 0.15) is 38.1 Å². The number of ketones is 1. The third-order valence-corrected chi connectivity index (χ3v) is 7.11. The average molecular weight is 457 g/mol. The number of amides is 2. The van der Waals surface area contributed by atoms with E-state index in [0.717, 1.165) is 31.9 Å². The Labute approximate surface area is 196 Å². The molecule has 0 aliphatic carbocycles. The van der Waals surface area contributed by atoms with Gasteiger partial charge in [-0.2, -0.15) is 0 Å². The first kappa shape index (κ1) is 23.7. The van der Waals surface area contributed by atoms with Gasteiger partial charge in [-0.15, -0.1) is 0 Å². The molecule has 1 N–H and O–H groups in total. The number of fused-ring (bicyclic) bond motifs is 1. The monoisotopic (exact) mass is 456 g/mol. The molecule has 1 aromatic carbocycles. The summed E-state index contributed by atoms with van der Waals surface area (Å²) < 4.78 is 5.63. The van der Waals surface area contributed by atoms with E-state index in [0.29, 0.717) is 12.1 Å². The molecule has 8 heteroatoms. The van der Waals surface area contributed by atoms with Gasteiger partial charge in [-0.3, -0.25) is 14.4 Å². The molecule has 2 amide bonds. The largest absolute Gasteiger partial charge is 0.369 e. The molecule has 1 unspecified atom stereocenters. The maximum atomic E-state index is 13.6. The smallest absolute Gasteiger partial charge is 0.251 e. The summed E-state index contributed by atoms with van der Waals surface area (Å²) in [5.41, 5.74) is 1.10. The minimum absolute atomic E-state index is 0.0512. The van der Waals surface area contributed by atoms with Crippen molar-refractivity contribution in [1.82, 2.24) is 15.1 Å². The van der Waals surface area contributed by atoms with Crippen molar-refractivity contribution < 1.29 is 19.1 Å². The first-order valence-corrected chi connectivity index (χ1v) is 11.9. The van der Waals surface area contributed by atoms with E-state index in [2.05, 4.69) is 22.2 Å². The fraction of sp³-hybridized carbons (Fsp3) is 0.640. The Bertz CT molecular complexity index is 902. The highest BCUT2D eigenvalue weighted by Crippen LogP contribution is 2.33. The molecule has 180 valence electrons. The van der Waals surface area contributed by atoms with Crippen molar-refractivity contribution in [3.05, 3.63) is 29.8 Å². The van der Waals surface area contributed by atoms with Crippen molar-refractivity contribution in [2.75, 3.05) is 51.3 Å². The number of Topliss-reactive ketones (excluding diaryl/α,β-unsaturated/α-hetero) is 1. The van der Waals surface area contributed by atoms with E-state index in [1.807, 2.05) is 52.0 Å². The molecule has 0 spiro atoms. The molecular formula is C25H36N4O4. The van der Waals surface area contributed by atoms with Gasteiger partial charge in [0, 0.05) is 49.9 Å². The zero-order valence-electron chi connectivity index (χ0n) is 20.3. The van der Waals surface area contributed by atoms with E-state index in [-0.39, 0.29) is 36.2 Å². The number of piperazine rings is 1. The van der Waals surface area contributed by atoms with Crippen LogP contribution in [-0.2, 0) is 14.3 Å². The maximum absolute atomic E-state index is 13.6. The second-order valence-corrected chi connectivity index (χ2v) is 10.8. The Morgan fingerprint density at radius 1 is 1.09 bits per heavy atom. The zero-order chi connectivity index (χ0) is 23.9. The fourth-order valence-electron chi connectivity index (χ4n) is 5.04. The predicted molar refractivity (Wildman–Crippen MR) is 126 cm³/mol. The molecule has 3 saturated heterocycles. The van der Waals surface area contributed by atoms with Gasteiger partial charge in [0.05, 0.1) is 6.10 Å². The van der Waals surface area contributed by atoms with Gasteiger partial charge in [0.2, 0.25) is 5.91 Å². The number of ether oxygens (including phenoxy) is 1. The third-order valence-electron chi connectivity index (χ3n) is 7.11. The quantitative estimate of drug-likeness (QED) is 0.738. The van der Waals surface area contributed by atoms with Crippen molar-refractivity contribution in [3.63, 3.8) is 0 Å². The molecule has 4 rings (SSSR count). The zero-order valence-corrected chi connectivity index (χ0v) is 20.3. The summed E-state index contributed by atoms with van der Waals surface area (Å²) in [6.45, 7) is 12.2. The van der Waals surface area contributed by atoms with Gasteiger partial charge in [0.25, 0.3) is 5.91 Å². The number of nitrogens with zero attached hydrogens (tertiary/aromatic N) is 3. The average Bonchev–Trinajstić information content (AvgIpc) is 3.32. The van der Waals surface area contributed by atoms with Crippen molar-refractivity contribution >= 4 is 23.3 Å². The Morgan fingerprint density at radius 2 is 1.73 bits per heavy atom. The Morgan fingerprint density at radius 3 is 2.33 bits per heavy atom. The lowest BCUT2D eigenvalue weighted by Crippen LogP contribution is -2.57. The number of likely N-dealkylation sites (tertiary alicyclic amines) is 1. The Kier molecular flexibility index (Phi) is 6.51. The number of hydrogen-bond acceptors (Lipinski definition) is 6. The molecular weight excluding hydrogens is 420 g/mol. The van der Waals surface area contributed by atoms with Gasteiger partial charge in [-0.05, 0) is 36.7 Å². The van der Waals surface area contributed by atoms with Crippen molar-refractivity contribution in [1.29, 1.82) is 0 Å². The van der Waals surface area contributed by atoms with Gasteiger partial charge in [0.1, 0.15) is 18.7 Å². The molecule has 3 heterocycles. The molecule has 3 aliphatic heterocycles. The second-order valence-electron chi connectivity index (χ2n) is 10.8. The number of carbonyl (C=O) groups excluding carboxylic acids is 3. The highest BCUT2D eigenvalue weighted by Gasteiger charge is 2.52. The van der Waals surface area contributed by atoms with E-state index in [4.69, 9.17) is 4.74 Å². The fourth-order valence-corrected chi connectivity index (χ4v) is 5.04. The van der Waals surface area contributed by atoms with Crippen LogP contribution in [-0.4, -0.2) is 92.0 Å². The van der Waals surface area contributed by atoms with Crippen LogP contribution >= 0.6 is 0 Å². The van der Waals surface area contributed by atoms with Gasteiger partial charge in [-0.25, -0.2) is 0 Å². The summed E-state index contributed by atoms with van der Waals surface area (Å²) >= 11 is 0. The summed E-state index contributed by atoms with van der Waals surface area (Å²) in [5, 5.41) is 2.96. The number of likely N-dealkylation sites (N-methyl/N-ethyl adjacent to an activating group) is 1. The first-order valence-electron chi connectivity index (χ1n) is 11.9. The van der Waals surface area contributed by atoms with Crippen LogP contribution in [0, 0.1) is 11.3 Å². The van der Waals surface area contributed by atoms with Crippen LogP contribution in [0.3, 0.4) is 0 Å². The Balaban J connectivity index is 1.47. The number of benzene rings is 1. The second kappa shape index (κ2) is 9.06. The summed E-state index contributed by atoms with van der Waals surface area (Å²) in [6.07, 6.45) is -0.250. The molecule has 4 atom stereocenters. The minimum Gasteiger partial charge on any atom is -0.369 e. The van der Waals surface area contributed by atoms with Crippen LogP contribution in [0.5, 0.6) is 0 Å². The Hall–Kier alpha value is -2.45. The van der Waals surface area contributed by atoms with Crippen molar-refractivity contribution in [2.45, 2.75) is 45.9 Å². The molecule has 0 radical (unpaired) electrons. The SMILES string of the molecule is C[C@@H]1CN(C(=O)C(NC(=O)c2ccc(N3CCN(C)CC3)cc2)C(C)(C)C)[C@@H]2C(=O)CO[C@H]12. The lowest BCUT2D eigenvalue weighted by atomic mass is 9.85. The van der Waals surface area contributed by atoms with Crippen LogP contribution < -0.4 is 10.2 Å². The molecule has 0 aromatic heterocycles. The molecule has 8 nitrogen and oxygen atoms in total. The van der Waals surface area contributed by atoms with E-state index in [1.54, 1.807) is 4.90 Å². The minimum atomic E-state index is -0.748. The first-order chi connectivity index (χ1) is 15.6. The summed E-state index contributed by atoms with van der Waals surface area (Å²) in [4.78, 5) is 45.3. The lowest BCUT2D eigenvalue weighted by Gasteiger charge is -2.35. The van der Waals surface area contributed by atoms with Gasteiger partial charge in [0.15, 0.2) is 5.78 Å². The molecule has 1 aromatic rings. The maximum Gasteiger partial charge on any atom is 0.251 e. The summed E-state index contributed by atoms with van der Waals surface area (Å²) in [7, 11) is 2.12. The third kappa shape index (κ3) is 4.77. The van der Waals surface area contributed by atoms with Crippen molar-refractivity contribution in [2.24, 2.45) is 11.3 Å². The van der Waals surface area contributed by atoms with Crippen molar-refractivity contribution in [3.8, 4) is 0 Å². The predicted octanol–water partition coefficient (Wildman–Crippen LogP) is 1.40. The topological polar surface area (TPSA) is 82.2 Å². The van der Waals surface area contributed by atoms with Gasteiger partial charge >= 0.3 is 0 Å². The van der Waals surface area contributed by atoms with Crippen LogP contribution in [0.2, 0.25) is 0 Å². The van der Waals surface area contributed by atoms with E-state index in [9.17, 15) is 14.4 Å². The highest BCUT2D eigenvalue weighted by molar-refractivity contribution is 5.99. The number of rotatable bonds is 4. The summed E-state index contributed by atoms with van der Waals surface area (Å²) in [6, 6.07) is 6.27. The van der Waals surface area contributed by atoms with Crippen LogP contribution in [0.25, 0.3) is 0 Å². The lowest BCUT2D eigenvalue weighted by molar-refractivity contribution is -0.140. The van der Waals surface area contributed by atoms with E-state index in [1.165, 1.54) is 0 Å². The number of anilines is 1. The number of hydrogen-bond donors (Lipinski definition) is 1. The van der Waals surface area contributed by atoms with E-state index >= 15 is 0 Å². The number of carbonyl (C=O) groups is 3. The van der Waals surface area contributed by atoms with Crippen LogP contribution in [0.4, 0.5) is 5.69 Å². The van der Waals surface area contributed by atoms with E-state index < -0.39 is 17.5 Å². The molecule has 3 aliphatic rings. The molecule has 33 heavy (non-hydrogen) atoms. The van der Waals surface area contributed by atoms with Gasteiger partial charge < -0.3 is 24.8 Å². The van der Waals surface area contributed by atoms with Gasteiger partial charge in [-0.1, -0.05) is 27.7 Å². The highest BCUT2D eigenvalue weighted by atomic mass is 16.5. The normalized spacial score (nSPS) is 26.9. The standard InChI is InChI=1S/C25H36N4O4/c1-16-14-29(20-19(30)15-33-21(16)20)24(32)22(25(2,3)4)26-23(31)17-6-8-18(9-7-17)28-12-10-27(5)11-13-28/h6-9,16,20-22H,10-15H2,1-5H3,(H,26,31)/t16-,20-,21-,22?/m1/s1. The molecule has 0 bridgehead atoms. The molecule has 0 saturated carbocycles.